The molecule has 1 heterocycles. The number of aliphatic hydroxyl groups excluding tert-OH is 1. The van der Waals surface area contributed by atoms with Gasteiger partial charge in [-0.05, 0) is 12.1 Å². The topological polar surface area (TPSA) is 74.5 Å². The van der Waals surface area contributed by atoms with Crippen molar-refractivity contribution in [3.8, 4) is 0 Å². The Hall–Kier alpha value is -1.43. The molecule has 0 aliphatic carbocycles. The van der Waals surface area contributed by atoms with Crippen LogP contribution in [0.2, 0.25) is 10.0 Å². The van der Waals surface area contributed by atoms with Gasteiger partial charge in [-0.2, -0.15) is 0 Å². The Bertz CT molecular complexity index is 625. The third kappa shape index (κ3) is 2.78. The summed E-state index contributed by atoms with van der Waals surface area (Å²) < 4.78 is 1.76. The summed E-state index contributed by atoms with van der Waals surface area (Å²) in [6.45, 7) is 0.427. The van der Waals surface area contributed by atoms with Gasteiger partial charge in [0, 0.05) is 24.2 Å². The van der Waals surface area contributed by atoms with Gasteiger partial charge in [0.1, 0.15) is 0 Å². The lowest BCUT2D eigenvalue weighted by molar-refractivity contribution is 0.194. The second-order valence-corrected chi connectivity index (χ2v) is 4.76. The molecular formula is C12H12Cl2N2O3. The summed E-state index contributed by atoms with van der Waals surface area (Å²) in [7, 11) is 0. The number of nitrogens with zero attached hydrogens (tertiary/aromatic N) is 1. The Morgan fingerprint density at radius 2 is 2.11 bits per heavy atom. The minimum atomic E-state index is -1.09. The van der Waals surface area contributed by atoms with Crippen molar-refractivity contribution in [2.75, 3.05) is 6.54 Å². The summed E-state index contributed by atoms with van der Waals surface area (Å²) in [5, 5.41) is 21.9. The van der Waals surface area contributed by atoms with Gasteiger partial charge < -0.3 is 20.1 Å². The predicted octanol–water partition coefficient (Wildman–Crippen LogP) is 2.71. The number of aromatic nitrogens is 1. The van der Waals surface area contributed by atoms with Crippen LogP contribution in [0, 0.1) is 0 Å². The Morgan fingerprint density at radius 3 is 2.74 bits per heavy atom. The number of hydrogen-bond acceptors (Lipinski definition) is 2. The van der Waals surface area contributed by atoms with E-state index in [0.29, 0.717) is 27.8 Å². The zero-order valence-electron chi connectivity index (χ0n) is 9.86. The van der Waals surface area contributed by atoms with Crippen molar-refractivity contribution in [3.63, 3.8) is 0 Å². The molecule has 102 valence electrons. The highest BCUT2D eigenvalue weighted by Crippen LogP contribution is 2.33. The second-order valence-electron chi connectivity index (χ2n) is 3.98. The molecule has 0 atom stereocenters. The van der Waals surface area contributed by atoms with Crippen molar-refractivity contribution in [3.05, 3.63) is 33.9 Å². The molecule has 0 radical (unpaired) electrons. The molecule has 1 aromatic heterocycles. The third-order valence-corrected chi connectivity index (χ3v) is 3.61. The number of rotatable bonds is 4. The largest absolute Gasteiger partial charge is 0.465 e. The van der Waals surface area contributed by atoms with Crippen molar-refractivity contribution < 1.29 is 15.0 Å². The van der Waals surface area contributed by atoms with Gasteiger partial charge in [0.05, 0.1) is 22.2 Å². The van der Waals surface area contributed by atoms with E-state index in [-0.39, 0.29) is 13.2 Å². The molecule has 0 saturated heterocycles. The van der Waals surface area contributed by atoms with E-state index in [2.05, 4.69) is 5.32 Å². The molecule has 2 aromatic rings. The van der Waals surface area contributed by atoms with Crippen LogP contribution >= 0.6 is 23.2 Å². The van der Waals surface area contributed by atoms with E-state index in [1.54, 1.807) is 16.7 Å². The zero-order chi connectivity index (χ0) is 14.0. The molecule has 1 amide bonds. The van der Waals surface area contributed by atoms with Crippen LogP contribution in [-0.2, 0) is 13.2 Å². The lowest BCUT2D eigenvalue weighted by Gasteiger charge is -2.10. The fourth-order valence-corrected chi connectivity index (χ4v) is 2.43. The first-order valence-electron chi connectivity index (χ1n) is 5.58. The van der Waals surface area contributed by atoms with Crippen molar-refractivity contribution >= 4 is 40.2 Å². The Morgan fingerprint density at radius 1 is 1.37 bits per heavy atom. The van der Waals surface area contributed by atoms with E-state index >= 15 is 0 Å². The van der Waals surface area contributed by atoms with Crippen LogP contribution in [0.15, 0.2) is 18.2 Å². The molecule has 1 aromatic carbocycles. The van der Waals surface area contributed by atoms with E-state index in [1.807, 2.05) is 6.07 Å². The molecule has 0 bridgehead atoms. The van der Waals surface area contributed by atoms with E-state index in [9.17, 15) is 9.90 Å². The van der Waals surface area contributed by atoms with Crippen LogP contribution in [0.1, 0.15) is 5.69 Å². The van der Waals surface area contributed by atoms with Gasteiger partial charge >= 0.3 is 6.09 Å². The number of aliphatic hydroxyl groups is 1. The zero-order valence-corrected chi connectivity index (χ0v) is 11.4. The van der Waals surface area contributed by atoms with E-state index < -0.39 is 6.09 Å². The fourth-order valence-electron chi connectivity index (χ4n) is 2.01. The molecule has 0 fully saturated rings. The number of amides is 1. The first-order chi connectivity index (χ1) is 9.04. The SMILES string of the molecule is O=C(O)NCCn1c(CO)cc2ccc(Cl)c(Cl)c21. The summed E-state index contributed by atoms with van der Waals surface area (Å²) in [4.78, 5) is 10.4. The molecule has 3 N–H and O–H groups in total. The summed E-state index contributed by atoms with van der Waals surface area (Å²) in [6.07, 6.45) is -1.09. The Balaban J connectivity index is 2.44. The quantitative estimate of drug-likeness (QED) is 0.813. The van der Waals surface area contributed by atoms with Crippen LogP contribution in [-0.4, -0.2) is 27.4 Å². The maximum absolute atomic E-state index is 10.4. The van der Waals surface area contributed by atoms with Gasteiger partial charge in [0.25, 0.3) is 0 Å². The van der Waals surface area contributed by atoms with E-state index in [1.165, 1.54) is 0 Å². The molecule has 7 heteroatoms. The van der Waals surface area contributed by atoms with Gasteiger partial charge in [-0.1, -0.05) is 29.3 Å². The van der Waals surface area contributed by atoms with E-state index in [4.69, 9.17) is 28.3 Å². The lowest BCUT2D eigenvalue weighted by Crippen LogP contribution is -2.25. The number of hydrogen-bond donors (Lipinski definition) is 3. The molecule has 0 saturated carbocycles. The number of carboxylic acid groups (broad SMARTS) is 1. The highest BCUT2D eigenvalue weighted by molar-refractivity contribution is 6.45. The Kier molecular flexibility index (Phi) is 4.19. The smallest absolute Gasteiger partial charge is 0.404 e. The van der Waals surface area contributed by atoms with Crippen LogP contribution in [0.25, 0.3) is 10.9 Å². The number of carbonyl (C=O) groups is 1. The number of fused-ring (bicyclic) bond motifs is 1. The summed E-state index contributed by atoms with van der Waals surface area (Å²) in [6, 6.07) is 5.30. The van der Waals surface area contributed by atoms with Gasteiger partial charge in [-0.25, -0.2) is 4.79 Å². The second kappa shape index (κ2) is 5.69. The van der Waals surface area contributed by atoms with Crippen molar-refractivity contribution in [2.45, 2.75) is 13.2 Å². The predicted molar refractivity (Wildman–Crippen MR) is 73.9 cm³/mol. The maximum Gasteiger partial charge on any atom is 0.404 e. The van der Waals surface area contributed by atoms with Gasteiger partial charge in [0.15, 0.2) is 0 Å². The summed E-state index contributed by atoms with van der Waals surface area (Å²) >= 11 is 12.2. The molecule has 0 aliphatic rings. The monoisotopic (exact) mass is 302 g/mol. The molecule has 5 nitrogen and oxygen atoms in total. The summed E-state index contributed by atoms with van der Waals surface area (Å²) in [5.41, 5.74) is 1.36. The van der Waals surface area contributed by atoms with Crippen LogP contribution in [0.5, 0.6) is 0 Å². The molecule has 0 spiro atoms. The van der Waals surface area contributed by atoms with Crippen LogP contribution < -0.4 is 5.32 Å². The first-order valence-corrected chi connectivity index (χ1v) is 6.34. The average Bonchev–Trinajstić information content (AvgIpc) is 2.72. The minimum Gasteiger partial charge on any atom is -0.465 e. The highest BCUT2D eigenvalue weighted by atomic mass is 35.5. The first kappa shape index (κ1) is 14.0. The molecule has 2 rings (SSSR count). The lowest BCUT2D eigenvalue weighted by atomic mass is 10.2. The molecule has 0 unspecified atom stereocenters. The highest BCUT2D eigenvalue weighted by Gasteiger charge is 2.13. The van der Waals surface area contributed by atoms with Crippen molar-refractivity contribution in [2.24, 2.45) is 0 Å². The number of benzene rings is 1. The standard InChI is InChI=1S/C12H12Cl2N2O3/c13-9-2-1-7-5-8(6-17)16(11(7)10(9)14)4-3-15-12(18)19/h1-2,5,15,17H,3-4,6H2,(H,18,19). The number of nitrogens with one attached hydrogen (secondary N) is 1. The Labute approximate surface area is 119 Å². The maximum atomic E-state index is 10.4. The van der Waals surface area contributed by atoms with Crippen LogP contribution in [0.3, 0.4) is 0 Å². The minimum absolute atomic E-state index is 0.157. The van der Waals surface area contributed by atoms with Crippen molar-refractivity contribution in [1.29, 1.82) is 0 Å². The third-order valence-electron chi connectivity index (χ3n) is 2.81. The molecule has 19 heavy (non-hydrogen) atoms. The summed E-state index contributed by atoms with van der Waals surface area (Å²) in [5.74, 6) is 0. The number of halogens is 2. The molecule has 0 aliphatic heterocycles. The average molecular weight is 303 g/mol. The normalized spacial score (nSPS) is 10.9. The van der Waals surface area contributed by atoms with Gasteiger partial charge in [-0.15, -0.1) is 0 Å². The van der Waals surface area contributed by atoms with E-state index in [0.717, 1.165) is 5.39 Å². The molecular weight excluding hydrogens is 291 g/mol. The van der Waals surface area contributed by atoms with Crippen molar-refractivity contribution in [1.82, 2.24) is 9.88 Å². The van der Waals surface area contributed by atoms with Gasteiger partial charge in [-0.3, -0.25) is 0 Å². The van der Waals surface area contributed by atoms with Gasteiger partial charge in [0.2, 0.25) is 0 Å². The fraction of sp³-hybridized carbons (Fsp3) is 0.250. The van der Waals surface area contributed by atoms with Crippen LogP contribution in [0.4, 0.5) is 4.79 Å².